The number of nitrogens with zero attached hydrogens (tertiary/aromatic N) is 3. The average molecular weight is 239 g/mol. The summed E-state index contributed by atoms with van der Waals surface area (Å²) in [5, 5.41) is 16.4. The number of carbonyl (C=O) groups is 1. The number of alkyl halides is 1. The zero-order valence-electron chi connectivity index (χ0n) is 9.37. The lowest BCUT2D eigenvalue weighted by atomic mass is 9.74. The first kappa shape index (κ1) is 10.6. The summed E-state index contributed by atoms with van der Waals surface area (Å²) in [7, 11) is 0. The molecule has 0 radical (unpaired) electrons. The molecule has 1 aromatic rings. The third-order valence-corrected chi connectivity index (χ3v) is 3.89. The molecule has 1 aromatic heterocycles. The fourth-order valence-electron chi connectivity index (χ4n) is 2.34. The first-order valence-electron chi connectivity index (χ1n) is 5.90. The molecule has 1 amide bonds. The Morgan fingerprint density at radius 1 is 1.29 bits per heavy atom. The van der Waals surface area contributed by atoms with Gasteiger partial charge in [0, 0.05) is 0 Å². The Hall–Kier alpha value is -1.53. The smallest absolute Gasteiger partial charge is 0.258 e. The van der Waals surface area contributed by atoms with Crippen molar-refractivity contribution in [3.63, 3.8) is 0 Å². The van der Waals surface area contributed by atoms with Crippen LogP contribution in [0.25, 0.3) is 0 Å². The molecular weight excluding hydrogens is 225 g/mol. The summed E-state index contributed by atoms with van der Waals surface area (Å²) in [4.78, 5) is 11.9. The van der Waals surface area contributed by atoms with Crippen LogP contribution in [-0.2, 0) is 10.3 Å². The number of nitrogens with one attached hydrogen (secondary N) is 2. The van der Waals surface area contributed by atoms with E-state index in [4.69, 9.17) is 0 Å². The summed E-state index contributed by atoms with van der Waals surface area (Å²) in [6.07, 6.45) is 3.89. The minimum atomic E-state index is -1.67. The van der Waals surface area contributed by atoms with Gasteiger partial charge in [0.2, 0.25) is 0 Å². The van der Waals surface area contributed by atoms with Gasteiger partial charge in [-0.25, -0.2) is 4.39 Å². The maximum Gasteiger partial charge on any atom is 0.258 e. The lowest BCUT2D eigenvalue weighted by molar-refractivity contribution is -0.142. The number of amides is 1. The number of tetrazole rings is 1. The van der Waals surface area contributed by atoms with Crippen LogP contribution < -0.4 is 5.32 Å². The van der Waals surface area contributed by atoms with Gasteiger partial charge in [-0.05, 0) is 38.5 Å². The van der Waals surface area contributed by atoms with Crippen LogP contribution in [0.2, 0.25) is 0 Å². The molecule has 0 spiro atoms. The predicted octanol–water partition coefficient (Wildman–Crippen LogP) is 0.587. The zero-order valence-corrected chi connectivity index (χ0v) is 9.37. The molecule has 0 aromatic carbocycles. The second kappa shape index (κ2) is 3.48. The average Bonchev–Trinajstić information content (AvgIpc) is 2.73. The minimum Gasteiger partial charge on any atom is -0.340 e. The zero-order chi connectivity index (χ0) is 11.9. The van der Waals surface area contributed by atoms with E-state index in [1.165, 1.54) is 0 Å². The Kier molecular flexibility index (Phi) is 2.17. The van der Waals surface area contributed by atoms with Crippen LogP contribution in [0.3, 0.4) is 0 Å². The third kappa shape index (κ3) is 1.52. The summed E-state index contributed by atoms with van der Waals surface area (Å²) in [6, 6.07) is 0. The van der Waals surface area contributed by atoms with Gasteiger partial charge >= 0.3 is 0 Å². The molecule has 6 nitrogen and oxygen atoms in total. The lowest BCUT2D eigenvalue weighted by Gasteiger charge is -2.43. The van der Waals surface area contributed by atoms with E-state index in [0.29, 0.717) is 18.7 Å². The molecule has 0 unspecified atom stereocenters. The van der Waals surface area contributed by atoms with Crippen molar-refractivity contribution in [3.8, 4) is 0 Å². The van der Waals surface area contributed by atoms with Crippen LogP contribution in [0.1, 0.15) is 44.3 Å². The van der Waals surface area contributed by atoms with Gasteiger partial charge in [0.05, 0.1) is 0 Å². The number of hydrogen-bond donors (Lipinski definition) is 2. The Morgan fingerprint density at radius 3 is 2.41 bits per heavy atom. The molecule has 17 heavy (non-hydrogen) atoms. The Labute approximate surface area is 97.4 Å². The standard InChI is InChI=1S/C10H14FN5O/c11-9(3-1-4-9)8(17)12-10(5-2-6-10)7-13-15-16-14-7/h1-6H2,(H,12,17)(H,13,14,15,16). The topological polar surface area (TPSA) is 83.6 Å². The van der Waals surface area contributed by atoms with Gasteiger partial charge in [-0.2, -0.15) is 5.21 Å². The Bertz CT molecular complexity index is 424. The van der Waals surface area contributed by atoms with Crippen molar-refractivity contribution < 1.29 is 9.18 Å². The largest absolute Gasteiger partial charge is 0.340 e. The fourth-order valence-corrected chi connectivity index (χ4v) is 2.34. The van der Waals surface area contributed by atoms with Crippen molar-refractivity contribution in [1.82, 2.24) is 25.9 Å². The number of hydrogen-bond acceptors (Lipinski definition) is 4. The van der Waals surface area contributed by atoms with Gasteiger partial charge in [0.1, 0.15) is 5.54 Å². The van der Waals surface area contributed by atoms with E-state index in [1.807, 2.05) is 0 Å². The molecule has 2 aliphatic carbocycles. The molecule has 2 aliphatic rings. The third-order valence-electron chi connectivity index (χ3n) is 3.89. The van der Waals surface area contributed by atoms with Crippen LogP contribution in [0.5, 0.6) is 0 Å². The molecule has 0 atom stereocenters. The highest BCUT2D eigenvalue weighted by Crippen LogP contribution is 2.42. The van der Waals surface area contributed by atoms with E-state index in [1.54, 1.807) is 0 Å². The summed E-state index contributed by atoms with van der Waals surface area (Å²) >= 11 is 0. The van der Waals surface area contributed by atoms with E-state index < -0.39 is 17.1 Å². The van der Waals surface area contributed by atoms with E-state index >= 15 is 0 Å². The summed E-state index contributed by atoms with van der Waals surface area (Å²) in [5.41, 5.74) is -2.27. The minimum absolute atomic E-state index is 0.321. The molecule has 0 bridgehead atoms. The van der Waals surface area contributed by atoms with Crippen molar-refractivity contribution in [2.45, 2.75) is 49.7 Å². The number of carbonyl (C=O) groups excluding carboxylic acids is 1. The van der Waals surface area contributed by atoms with Crippen molar-refractivity contribution in [2.75, 3.05) is 0 Å². The monoisotopic (exact) mass is 239 g/mol. The second-order valence-corrected chi connectivity index (χ2v) is 4.94. The van der Waals surface area contributed by atoms with Crippen molar-refractivity contribution in [3.05, 3.63) is 5.82 Å². The summed E-state index contributed by atoms with van der Waals surface area (Å²) in [6.45, 7) is 0. The molecule has 0 aliphatic heterocycles. The van der Waals surface area contributed by atoms with E-state index in [0.717, 1.165) is 25.7 Å². The number of H-pyrrole nitrogens is 1. The van der Waals surface area contributed by atoms with Crippen LogP contribution in [0, 0.1) is 0 Å². The molecule has 2 saturated carbocycles. The number of aromatic amines is 1. The van der Waals surface area contributed by atoms with Gasteiger partial charge in [-0.3, -0.25) is 4.79 Å². The normalized spacial score (nSPS) is 24.5. The lowest BCUT2D eigenvalue weighted by Crippen LogP contribution is -2.58. The fraction of sp³-hybridized carbons (Fsp3) is 0.800. The highest BCUT2D eigenvalue weighted by molar-refractivity contribution is 5.86. The maximum absolute atomic E-state index is 14.0. The van der Waals surface area contributed by atoms with Crippen LogP contribution >= 0.6 is 0 Å². The summed E-state index contributed by atoms with van der Waals surface area (Å²) < 4.78 is 14.0. The first-order chi connectivity index (χ1) is 8.15. The molecule has 2 N–H and O–H groups in total. The highest BCUT2D eigenvalue weighted by atomic mass is 19.1. The Balaban J connectivity index is 1.76. The molecule has 7 heteroatoms. The van der Waals surface area contributed by atoms with Crippen molar-refractivity contribution >= 4 is 5.91 Å². The van der Waals surface area contributed by atoms with Gasteiger partial charge in [-0.15, -0.1) is 10.2 Å². The molecular formula is C10H14FN5O. The second-order valence-electron chi connectivity index (χ2n) is 4.94. The maximum atomic E-state index is 14.0. The number of halogens is 1. The quantitative estimate of drug-likeness (QED) is 0.808. The van der Waals surface area contributed by atoms with Gasteiger partial charge in [0.25, 0.3) is 5.91 Å². The summed E-state index contributed by atoms with van der Waals surface area (Å²) in [5.74, 6) is -0.0618. The SMILES string of the molecule is O=C(NC1(c2nn[nH]n2)CCC1)C1(F)CCC1. The van der Waals surface area contributed by atoms with E-state index in [9.17, 15) is 9.18 Å². The molecule has 3 rings (SSSR count). The van der Waals surface area contributed by atoms with Crippen LogP contribution in [0.4, 0.5) is 4.39 Å². The number of aromatic nitrogens is 4. The Morgan fingerprint density at radius 2 is 2.00 bits per heavy atom. The van der Waals surface area contributed by atoms with E-state index in [-0.39, 0.29) is 0 Å². The van der Waals surface area contributed by atoms with E-state index in [2.05, 4.69) is 25.9 Å². The molecule has 1 heterocycles. The predicted molar refractivity (Wildman–Crippen MR) is 55.5 cm³/mol. The molecule has 2 fully saturated rings. The van der Waals surface area contributed by atoms with Gasteiger partial charge in [-0.1, -0.05) is 5.21 Å². The van der Waals surface area contributed by atoms with Crippen molar-refractivity contribution in [2.24, 2.45) is 0 Å². The van der Waals surface area contributed by atoms with Crippen LogP contribution in [0.15, 0.2) is 0 Å². The number of rotatable bonds is 3. The first-order valence-corrected chi connectivity index (χ1v) is 5.90. The van der Waals surface area contributed by atoms with Crippen LogP contribution in [-0.4, -0.2) is 32.2 Å². The molecule has 92 valence electrons. The molecule has 0 saturated heterocycles. The highest BCUT2D eigenvalue weighted by Gasteiger charge is 2.51. The van der Waals surface area contributed by atoms with Gasteiger partial charge < -0.3 is 5.32 Å². The van der Waals surface area contributed by atoms with Crippen molar-refractivity contribution in [1.29, 1.82) is 0 Å². The van der Waals surface area contributed by atoms with Gasteiger partial charge in [0.15, 0.2) is 11.5 Å².